The van der Waals surface area contributed by atoms with Gasteiger partial charge in [-0.05, 0) is 129 Å². The van der Waals surface area contributed by atoms with E-state index in [9.17, 15) is 77.3 Å². The summed E-state index contributed by atoms with van der Waals surface area (Å²) in [5, 5.41) is 24.5. The third-order valence-electron chi connectivity index (χ3n) is 14.0. The lowest BCUT2D eigenvalue weighted by Gasteiger charge is -2.42. The summed E-state index contributed by atoms with van der Waals surface area (Å²) < 4.78 is 202. The predicted molar refractivity (Wildman–Crippen MR) is 268 cm³/mol. The molecule has 0 spiro atoms. The molecule has 2 N–H and O–H groups in total. The zero-order chi connectivity index (χ0) is 61.4. The van der Waals surface area contributed by atoms with E-state index in [1.807, 2.05) is 57.2 Å². The van der Waals surface area contributed by atoms with Gasteiger partial charge in [0.2, 0.25) is 27.2 Å². The zero-order valence-electron chi connectivity index (χ0n) is 44.1. The number of piperidine rings is 2. The van der Waals surface area contributed by atoms with Gasteiger partial charge in [0, 0.05) is 37.8 Å². The molecule has 0 atom stereocenters. The molecule has 6 heterocycles. The van der Waals surface area contributed by atoms with E-state index in [2.05, 4.69) is 21.1 Å². The second-order valence-electron chi connectivity index (χ2n) is 20.5. The van der Waals surface area contributed by atoms with Crippen LogP contribution in [0.5, 0.6) is 46.0 Å². The lowest BCUT2D eigenvalue weighted by molar-refractivity contribution is -0.308. The van der Waals surface area contributed by atoms with Crippen LogP contribution in [0.3, 0.4) is 0 Å². The lowest BCUT2D eigenvalue weighted by atomic mass is 9.72. The van der Waals surface area contributed by atoms with Crippen molar-refractivity contribution < 1.29 is 129 Å². The molecule has 2 saturated heterocycles. The van der Waals surface area contributed by atoms with Crippen molar-refractivity contribution in [3.05, 3.63) is 95.1 Å². The number of halogens is 13. The van der Waals surface area contributed by atoms with Crippen molar-refractivity contribution in [2.75, 3.05) is 53.4 Å². The van der Waals surface area contributed by atoms with Crippen LogP contribution in [0.2, 0.25) is 0 Å². The van der Waals surface area contributed by atoms with Crippen molar-refractivity contribution in [3.8, 4) is 46.0 Å². The number of hydrogen-bond acceptors (Lipinski definition) is 16. The van der Waals surface area contributed by atoms with Crippen molar-refractivity contribution in [1.82, 2.24) is 9.80 Å². The molecule has 0 aromatic heterocycles. The Kier molecular flexibility index (Phi) is 19.1. The monoisotopic (exact) mass is 1250 g/mol. The quantitative estimate of drug-likeness (QED) is 0.0958. The summed E-state index contributed by atoms with van der Waals surface area (Å²) in [6.45, 7) is 6.39. The minimum absolute atomic E-state index is 0. The van der Waals surface area contributed by atoms with Gasteiger partial charge in [-0.1, -0.05) is 31.7 Å². The van der Waals surface area contributed by atoms with Crippen LogP contribution in [0.1, 0.15) is 76.1 Å². The number of nitrogens with zero attached hydrogens (tertiary/aromatic N) is 2. The van der Waals surface area contributed by atoms with Gasteiger partial charge in [-0.15, -0.1) is 0 Å². The number of likely N-dealkylation sites (tertiary alicyclic amines) is 2. The Morgan fingerprint density at radius 3 is 0.965 bits per heavy atom. The fourth-order valence-corrected chi connectivity index (χ4v) is 10.1. The molecule has 85 heavy (non-hydrogen) atoms. The second-order valence-corrected chi connectivity index (χ2v) is 20.8. The van der Waals surface area contributed by atoms with E-state index in [1.54, 1.807) is 41.3 Å². The van der Waals surface area contributed by atoms with Crippen LogP contribution in [-0.2, 0) is 25.4 Å². The molecule has 0 unspecified atom stereocenters. The van der Waals surface area contributed by atoms with Crippen molar-refractivity contribution in [2.45, 2.75) is 108 Å². The maximum atomic E-state index is 12.8. The van der Waals surface area contributed by atoms with Gasteiger partial charge in [-0.2, -0.15) is 52.7 Å². The number of ether oxygens (including phenoxy) is 11. The number of benzene rings is 4. The Morgan fingerprint density at radius 2 is 0.718 bits per heavy atom. The first-order valence-electron chi connectivity index (χ1n) is 25.3. The zero-order valence-corrected chi connectivity index (χ0v) is 44.9. The summed E-state index contributed by atoms with van der Waals surface area (Å²) in [5.74, 6) is 3.53. The van der Waals surface area contributed by atoms with Gasteiger partial charge >= 0.3 is 42.3 Å². The second kappa shape index (κ2) is 24.9. The standard InChI is InChI=1S/C25H29NO7.C24H21F6NO7.C4HClF6O2.CH4/c1-24(2,3)33-23(27)26-10-8-16(9-11-26)25(28,17-4-6-19-21(12-17)31-14-29-19)18-5-7-20-22(13-18)32-15-30-20;25-23(26,27)20(24(28,29)30)38-21(32)31-7-5-13(6-8-31)22(33,14-1-3-16-18(9-14)36-11-34-16)15-2-4-17-19(10-15)37-12-35-17;5-2(12)13-1(3(6,7)8)4(9,10)11;/h4-7,12-13,16,28H,8-11,14-15H2,1-3H3;1-4,9-10,13,20,33H,5-8,11-12H2;1H;1H4. The van der Waals surface area contributed by atoms with Gasteiger partial charge in [0.1, 0.15) is 16.8 Å². The van der Waals surface area contributed by atoms with E-state index in [0.717, 1.165) is 4.90 Å². The smallest absolute Gasteiger partial charge is 0.434 e. The number of alkyl halides is 12. The Balaban J connectivity index is 0.000000202. The molecule has 6 aliphatic heterocycles. The Morgan fingerprint density at radius 1 is 0.459 bits per heavy atom. The molecule has 2 amide bonds. The minimum atomic E-state index is -5.81. The number of carbonyl (C=O) groups excluding carboxylic acids is 3. The van der Waals surface area contributed by atoms with Gasteiger partial charge < -0.3 is 72.1 Å². The van der Waals surface area contributed by atoms with Crippen molar-refractivity contribution >= 4 is 29.2 Å². The van der Waals surface area contributed by atoms with Crippen LogP contribution in [0.25, 0.3) is 0 Å². The number of rotatable bonds is 8. The summed E-state index contributed by atoms with van der Waals surface area (Å²) in [4.78, 5) is 36.9. The van der Waals surface area contributed by atoms with Gasteiger partial charge in [-0.3, -0.25) is 0 Å². The summed E-state index contributed by atoms with van der Waals surface area (Å²) in [5.41, 5.74) is -3.48. The van der Waals surface area contributed by atoms with Crippen LogP contribution in [-0.4, -0.2) is 133 Å². The summed E-state index contributed by atoms with van der Waals surface area (Å²) in [6.07, 6.45) is -32.2. The third-order valence-corrected chi connectivity index (χ3v) is 14.0. The molecule has 2 fully saturated rings. The minimum Gasteiger partial charge on any atom is -0.454 e. The molecule has 18 nitrogen and oxygen atoms in total. The Bertz CT molecular complexity index is 2890. The van der Waals surface area contributed by atoms with Gasteiger partial charge in [0.25, 0.3) is 12.2 Å². The number of amides is 2. The molecule has 0 saturated carbocycles. The SMILES string of the molecule is C.CC(C)(C)OC(=O)N1CCC(C(O)(c2ccc3c(c2)OCO3)c2ccc3c(c2)OCO3)CC1.O=C(Cl)OC(C(F)(F)F)C(F)(F)F.O=C(OC(C(F)(F)F)C(F)(F)F)N1CCC(C(O)(c2ccc3c(c2)OCO3)c2ccc3c(c2)OCO3)CC1. The normalized spacial score (nSPS) is 16.9. The predicted octanol–water partition coefficient (Wildman–Crippen LogP) is 12.2. The first-order valence-corrected chi connectivity index (χ1v) is 25.7. The first kappa shape index (κ1) is 65.2. The van der Waals surface area contributed by atoms with Crippen LogP contribution in [0.15, 0.2) is 72.8 Å². The molecule has 0 aliphatic carbocycles. The van der Waals surface area contributed by atoms with E-state index < -0.39 is 71.2 Å². The van der Waals surface area contributed by atoms with E-state index in [4.69, 9.17) is 42.6 Å². The molecular weight excluding hydrogens is 1200 g/mol. The maximum Gasteiger partial charge on any atom is 0.434 e. The number of fused-ring (bicyclic) bond motifs is 4. The highest BCUT2D eigenvalue weighted by Gasteiger charge is 2.61. The highest BCUT2D eigenvalue weighted by atomic mass is 35.5. The molecule has 4 aromatic carbocycles. The van der Waals surface area contributed by atoms with Gasteiger partial charge in [0.05, 0.1) is 0 Å². The number of hydrogen-bond donors (Lipinski definition) is 2. The number of aliphatic hydroxyl groups is 2. The molecule has 0 radical (unpaired) electrons. The molecule has 4 aromatic rings. The average Bonchev–Trinajstić information content (AvgIpc) is 1.90. The summed E-state index contributed by atoms with van der Waals surface area (Å²) in [7, 11) is 0. The molecule has 0 bridgehead atoms. The average molecular weight is 1250 g/mol. The molecule has 10 rings (SSSR count). The highest BCUT2D eigenvalue weighted by molar-refractivity contribution is 6.61. The third kappa shape index (κ3) is 14.8. The van der Waals surface area contributed by atoms with E-state index >= 15 is 0 Å². The largest absolute Gasteiger partial charge is 0.454 e. The first-order chi connectivity index (χ1) is 39.2. The molecular formula is C54H55ClF12N2O16. The van der Waals surface area contributed by atoms with Crippen LogP contribution in [0.4, 0.5) is 67.1 Å². The molecule has 6 aliphatic rings. The lowest BCUT2D eigenvalue weighted by Crippen LogP contribution is -2.50. The molecule has 468 valence electrons. The van der Waals surface area contributed by atoms with Crippen LogP contribution in [0, 0.1) is 11.8 Å². The number of carbonyl (C=O) groups is 3. The van der Waals surface area contributed by atoms with Crippen molar-refractivity contribution in [1.29, 1.82) is 0 Å². The van der Waals surface area contributed by atoms with Gasteiger partial charge in [-0.25, -0.2) is 14.4 Å². The fraction of sp³-hybridized carbons (Fsp3) is 0.500. The summed E-state index contributed by atoms with van der Waals surface area (Å²) in [6, 6.07) is 20.8. The van der Waals surface area contributed by atoms with E-state index in [0.29, 0.717) is 94.2 Å². The summed E-state index contributed by atoms with van der Waals surface area (Å²) >= 11 is 4.22. The Hall–Kier alpha value is -7.34. The van der Waals surface area contributed by atoms with Crippen molar-refractivity contribution in [3.63, 3.8) is 0 Å². The van der Waals surface area contributed by atoms with E-state index in [1.165, 1.54) is 0 Å². The maximum absolute atomic E-state index is 12.8. The highest BCUT2D eigenvalue weighted by Crippen LogP contribution is 2.50. The van der Waals surface area contributed by atoms with Gasteiger partial charge in [0.15, 0.2) is 46.0 Å². The Labute approximate surface area is 481 Å². The van der Waals surface area contributed by atoms with Crippen molar-refractivity contribution in [2.24, 2.45) is 11.8 Å². The van der Waals surface area contributed by atoms with Crippen LogP contribution < -0.4 is 37.9 Å². The van der Waals surface area contributed by atoms with E-state index in [-0.39, 0.29) is 72.5 Å². The fourth-order valence-electron chi connectivity index (χ4n) is 10.0. The molecule has 31 heteroatoms. The van der Waals surface area contributed by atoms with Crippen LogP contribution >= 0.6 is 11.6 Å². The topological polar surface area (TPSA) is 200 Å².